The molecule has 0 saturated carbocycles. The van der Waals surface area contributed by atoms with Crippen LogP contribution in [-0.4, -0.2) is 47.6 Å². The van der Waals surface area contributed by atoms with Gasteiger partial charge < -0.3 is 19.7 Å². The number of esters is 2. The Bertz CT molecular complexity index is 345. The number of carbonyl (C=O) groups excluding carboxylic acids is 2. The number of rotatable bonds is 19. The van der Waals surface area contributed by atoms with E-state index >= 15 is 0 Å². The summed E-state index contributed by atoms with van der Waals surface area (Å²) < 4.78 is 10.4. The third-order valence-corrected chi connectivity index (χ3v) is 4.57. The molecule has 0 fully saturated rings. The third-order valence-electron chi connectivity index (χ3n) is 4.57. The van der Waals surface area contributed by atoms with Crippen molar-refractivity contribution >= 4 is 11.9 Å². The first kappa shape index (κ1) is 26.9. The third kappa shape index (κ3) is 21.2. The van der Waals surface area contributed by atoms with E-state index in [0.29, 0.717) is 38.9 Å². The average Bonchev–Trinajstić information content (AvgIpc) is 2.63. The van der Waals surface area contributed by atoms with Crippen molar-refractivity contribution in [3.63, 3.8) is 0 Å². The number of hydrogen-bond donors (Lipinski definition) is 2. The number of unbranched alkanes of at least 4 members (excludes halogenated alkanes) is 7. The monoisotopic (exact) mass is 402 g/mol. The first-order valence-electron chi connectivity index (χ1n) is 11.1. The first-order chi connectivity index (χ1) is 13.4. The van der Waals surface area contributed by atoms with E-state index in [1.54, 1.807) is 13.8 Å². The molecular formula is C22H42O6. The molecule has 28 heavy (non-hydrogen) atoms. The highest BCUT2D eigenvalue weighted by Crippen LogP contribution is 2.08. The SMILES string of the molecule is CC(O)CCCCCCOC(=O)CCCCC(=O)OCCCCCCC(C)O. The van der Waals surface area contributed by atoms with Crippen LogP contribution in [-0.2, 0) is 19.1 Å². The van der Waals surface area contributed by atoms with Crippen LogP contribution in [0.2, 0.25) is 0 Å². The van der Waals surface area contributed by atoms with E-state index < -0.39 is 0 Å². The van der Waals surface area contributed by atoms with Crippen molar-refractivity contribution in [1.29, 1.82) is 0 Å². The van der Waals surface area contributed by atoms with E-state index in [4.69, 9.17) is 19.7 Å². The van der Waals surface area contributed by atoms with Crippen LogP contribution in [0.3, 0.4) is 0 Å². The molecule has 0 saturated heterocycles. The van der Waals surface area contributed by atoms with E-state index in [0.717, 1.165) is 64.2 Å². The zero-order valence-corrected chi connectivity index (χ0v) is 18.0. The van der Waals surface area contributed by atoms with E-state index in [-0.39, 0.29) is 24.1 Å². The first-order valence-corrected chi connectivity index (χ1v) is 11.1. The highest BCUT2D eigenvalue weighted by atomic mass is 16.5. The zero-order valence-electron chi connectivity index (χ0n) is 18.0. The van der Waals surface area contributed by atoms with Crippen LogP contribution in [0, 0.1) is 0 Å². The predicted octanol–water partition coefficient (Wildman–Crippen LogP) is 4.30. The molecule has 2 atom stereocenters. The highest BCUT2D eigenvalue weighted by Gasteiger charge is 2.06. The van der Waals surface area contributed by atoms with Crippen LogP contribution in [0.1, 0.15) is 104 Å². The Labute approximate surface area is 171 Å². The minimum atomic E-state index is -0.235. The molecule has 0 aliphatic heterocycles. The highest BCUT2D eigenvalue weighted by molar-refractivity contribution is 5.70. The molecule has 2 N–H and O–H groups in total. The minimum absolute atomic E-state index is 0.199. The van der Waals surface area contributed by atoms with Gasteiger partial charge in [0.15, 0.2) is 0 Å². The Hall–Kier alpha value is -1.14. The van der Waals surface area contributed by atoms with Crippen molar-refractivity contribution in [3.05, 3.63) is 0 Å². The van der Waals surface area contributed by atoms with Gasteiger partial charge in [-0.05, 0) is 52.4 Å². The van der Waals surface area contributed by atoms with E-state index in [2.05, 4.69) is 0 Å². The summed E-state index contributed by atoms with van der Waals surface area (Å²) in [6, 6.07) is 0. The van der Waals surface area contributed by atoms with Crippen molar-refractivity contribution in [2.45, 2.75) is 116 Å². The van der Waals surface area contributed by atoms with Gasteiger partial charge in [0.1, 0.15) is 0 Å². The largest absolute Gasteiger partial charge is 0.466 e. The second-order valence-electron chi connectivity index (χ2n) is 7.75. The lowest BCUT2D eigenvalue weighted by Gasteiger charge is -2.07. The van der Waals surface area contributed by atoms with Crippen molar-refractivity contribution in [2.75, 3.05) is 13.2 Å². The number of aliphatic hydroxyl groups is 2. The molecular weight excluding hydrogens is 360 g/mol. The number of ether oxygens (including phenoxy) is 2. The van der Waals surface area contributed by atoms with Gasteiger partial charge in [-0.3, -0.25) is 9.59 Å². The second kappa shape index (κ2) is 19.2. The van der Waals surface area contributed by atoms with E-state index in [1.807, 2.05) is 0 Å². The summed E-state index contributed by atoms with van der Waals surface area (Å²) in [5.74, 6) is -0.399. The fraction of sp³-hybridized carbons (Fsp3) is 0.909. The summed E-state index contributed by atoms with van der Waals surface area (Å²) in [5, 5.41) is 18.3. The number of aliphatic hydroxyl groups excluding tert-OH is 2. The molecule has 0 spiro atoms. The van der Waals surface area contributed by atoms with Gasteiger partial charge >= 0.3 is 11.9 Å². The van der Waals surface area contributed by atoms with Gasteiger partial charge in [-0.2, -0.15) is 0 Å². The van der Waals surface area contributed by atoms with Gasteiger partial charge in [-0.25, -0.2) is 0 Å². The van der Waals surface area contributed by atoms with Crippen LogP contribution >= 0.6 is 0 Å². The molecule has 0 amide bonds. The molecule has 0 aromatic heterocycles. The normalized spacial score (nSPS) is 13.1. The van der Waals surface area contributed by atoms with Crippen LogP contribution in [0.25, 0.3) is 0 Å². The molecule has 166 valence electrons. The van der Waals surface area contributed by atoms with Crippen molar-refractivity contribution in [3.8, 4) is 0 Å². The minimum Gasteiger partial charge on any atom is -0.466 e. The maximum Gasteiger partial charge on any atom is 0.305 e. The lowest BCUT2D eigenvalue weighted by Crippen LogP contribution is -2.08. The molecule has 6 heteroatoms. The maximum atomic E-state index is 11.6. The quantitative estimate of drug-likeness (QED) is 0.247. The van der Waals surface area contributed by atoms with Crippen LogP contribution < -0.4 is 0 Å². The lowest BCUT2D eigenvalue weighted by atomic mass is 10.1. The van der Waals surface area contributed by atoms with Gasteiger partial charge in [-0.1, -0.05) is 38.5 Å². The standard InChI is InChI=1S/C22H42O6/c1-19(23)13-7-3-5-11-17-27-21(25)15-9-10-16-22(26)28-18-12-6-4-8-14-20(2)24/h19-20,23-24H,3-18H2,1-2H3. The topological polar surface area (TPSA) is 93.1 Å². The Morgan fingerprint density at radius 3 is 1.32 bits per heavy atom. The van der Waals surface area contributed by atoms with E-state index in [1.165, 1.54) is 0 Å². The maximum absolute atomic E-state index is 11.6. The molecule has 6 nitrogen and oxygen atoms in total. The number of hydrogen-bond acceptors (Lipinski definition) is 6. The van der Waals surface area contributed by atoms with Gasteiger partial charge in [-0.15, -0.1) is 0 Å². The molecule has 0 aliphatic rings. The fourth-order valence-corrected chi connectivity index (χ4v) is 2.85. The van der Waals surface area contributed by atoms with Gasteiger partial charge in [0.25, 0.3) is 0 Å². The Balaban J connectivity index is 3.34. The summed E-state index contributed by atoms with van der Waals surface area (Å²) in [4.78, 5) is 23.2. The predicted molar refractivity (Wildman–Crippen MR) is 110 cm³/mol. The van der Waals surface area contributed by atoms with E-state index in [9.17, 15) is 9.59 Å². The Morgan fingerprint density at radius 2 is 0.964 bits per heavy atom. The van der Waals surface area contributed by atoms with Crippen molar-refractivity contribution < 1.29 is 29.3 Å². The summed E-state index contributed by atoms with van der Waals surface area (Å²) in [5.41, 5.74) is 0. The summed E-state index contributed by atoms with van der Waals surface area (Å²) in [7, 11) is 0. The molecule has 0 heterocycles. The second-order valence-corrected chi connectivity index (χ2v) is 7.75. The molecule has 0 aromatic carbocycles. The van der Waals surface area contributed by atoms with Gasteiger partial charge in [0.05, 0.1) is 25.4 Å². The lowest BCUT2D eigenvalue weighted by molar-refractivity contribution is -0.146. The van der Waals surface area contributed by atoms with Crippen LogP contribution in [0.4, 0.5) is 0 Å². The zero-order chi connectivity index (χ0) is 21.0. The number of carbonyl (C=O) groups is 2. The van der Waals surface area contributed by atoms with Crippen LogP contribution in [0.15, 0.2) is 0 Å². The molecule has 0 radical (unpaired) electrons. The van der Waals surface area contributed by atoms with Crippen molar-refractivity contribution in [1.82, 2.24) is 0 Å². The summed E-state index contributed by atoms with van der Waals surface area (Å²) in [6.07, 6.45) is 11.0. The Kier molecular flexibility index (Phi) is 18.4. The summed E-state index contributed by atoms with van der Waals surface area (Å²) in [6.45, 7) is 4.49. The Morgan fingerprint density at radius 1 is 0.607 bits per heavy atom. The van der Waals surface area contributed by atoms with Gasteiger partial charge in [0.2, 0.25) is 0 Å². The molecule has 0 bridgehead atoms. The molecule has 0 aliphatic carbocycles. The average molecular weight is 403 g/mol. The molecule has 2 unspecified atom stereocenters. The van der Waals surface area contributed by atoms with Gasteiger partial charge in [0, 0.05) is 12.8 Å². The molecule has 0 aromatic rings. The molecule has 0 rings (SSSR count). The fourth-order valence-electron chi connectivity index (χ4n) is 2.85. The van der Waals surface area contributed by atoms with Crippen molar-refractivity contribution in [2.24, 2.45) is 0 Å². The van der Waals surface area contributed by atoms with Crippen LogP contribution in [0.5, 0.6) is 0 Å². The summed E-state index contributed by atoms with van der Waals surface area (Å²) >= 11 is 0. The smallest absolute Gasteiger partial charge is 0.305 e.